The van der Waals surface area contributed by atoms with E-state index in [1.54, 1.807) is 0 Å². The molecule has 0 bridgehead atoms. The van der Waals surface area contributed by atoms with E-state index in [0.717, 1.165) is 50.6 Å². The van der Waals surface area contributed by atoms with Crippen LogP contribution in [0.15, 0.2) is 278 Å². The highest BCUT2D eigenvalue weighted by Gasteiger charge is 2.33. The fraction of sp³-hybridized carbons (Fsp3) is 0.0290. The summed E-state index contributed by atoms with van der Waals surface area (Å²) >= 11 is 0. The quantitative estimate of drug-likeness (QED) is 0.142. The van der Waals surface area contributed by atoms with Gasteiger partial charge in [0.15, 0.2) is 0 Å². The van der Waals surface area contributed by atoms with Crippen LogP contribution < -0.4 is 10.6 Å². The van der Waals surface area contributed by atoms with Crippen LogP contribution >= 0.6 is 0 Å². The fourth-order valence-electron chi connectivity index (χ4n) is 11.0. The number of fused-ring (bicyclic) bond motifs is 6. The van der Waals surface area contributed by atoms with Crippen molar-refractivity contribution in [2.75, 3.05) is 0 Å². The van der Waals surface area contributed by atoms with Gasteiger partial charge in [-0.05, 0) is 112 Å². The van der Waals surface area contributed by atoms with E-state index in [4.69, 9.17) is 4.99 Å². The second kappa shape index (κ2) is 18.5. The SMILES string of the molecule is C1=C(c2ccccc2)N=C(c2ccc(C3=C(c4ccccc4)C(c4ccccc4)NC(c4ccccc4)=C3c3ccccc3)cc2)NC1c1cccc(-c2ccc3c4ccccc4c4ccccc4c3c2)c1. The Morgan fingerprint density at radius 3 is 1.36 bits per heavy atom. The number of hydrogen-bond acceptors (Lipinski definition) is 3. The topological polar surface area (TPSA) is 36.4 Å². The number of dihydropyridines is 1. The summed E-state index contributed by atoms with van der Waals surface area (Å²) in [7, 11) is 0. The van der Waals surface area contributed by atoms with Crippen LogP contribution in [0.1, 0.15) is 56.6 Å². The van der Waals surface area contributed by atoms with Crippen LogP contribution in [-0.2, 0) is 0 Å². The molecule has 0 saturated heterocycles. The van der Waals surface area contributed by atoms with E-state index in [9.17, 15) is 0 Å². The highest BCUT2D eigenvalue weighted by molar-refractivity contribution is 6.26. The Morgan fingerprint density at radius 1 is 0.292 bits per heavy atom. The summed E-state index contributed by atoms with van der Waals surface area (Å²) in [5.74, 6) is 0.830. The Kier molecular flexibility index (Phi) is 11.0. The van der Waals surface area contributed by atoms with E-state index in [-0.39, 0.29) is 12.1 Å². The third kappa shape index (κ3) is 7.88. The molecule has 0 spiro atoms. The molecule has 2 heterocycles. The van der Waals surface area contributed by atoms with Gasteiger partial charge in [0.05, 0.1) is 23.5 Å². The van der Waals surface area contributed by atoms with Crippen LogP contribution in [-0.4, -0.2) is 5.84 Å². The van der Waals surface area contributed by atoms with Crippen LogP contribution in [0.25, 0.3) is 71.6 Å². The van der Waals surface area contributed by atoms with Gasteiger partial charge in [-0.2, -0.15) is 0 Å². The van der Waals surface area contributed by atoms with Gasteiger partial charge < -0.3 is 10.6 Å². The predicted octanol–water partition coefficient (Wildman–Crippen LogP) is 16.8. The van der Waals surface area contributed by atoms with E-state index in [2.05, 4.69) is 284 Å². The summed E-state index contributed by atoms with van der Waals surface area (Å²) in [6.07, 6.45) is 2.27. The van der Waals surface area contributed by atoms with E-state index >= 15 is 0 Å². The first-order valence-electron chi connectivity index (χ1n) is 24.9. The van der Waals surface area contributed by atoms with Crippen LogP contribution in [0.4, 0.5) is 0 Å². The maximum absolute atomic E-state index is 5.37. The predicted molar refractivity (Wildman–Crippen MR) is 303 cm³/mol. The largest absolute Gasteiger partial charge is 0.373 e. The van der Waals surface area contributed by atoms with Crippen molar-refractivity contribution in [1.82, 2.24) is 10.6 Å². The first-order valence-corrected chi connectivity index (χ1v) is 24.9. The highest BCUT2D eigenvalue weighted by Crippen LogP contribution is 2.50. The fourth-order valence-corrected chi connectivity index (χ4v) is 11.0. The highest BCUT2D eigenvalue weighted by atomic mass is 15.0. The number of amidine groups is 1. The van der Waals surface area contributed by atoms with Gasteiger partial charge in [-0.15, -0.1) is 0 Å². The molecule has 0 aliphatic carbocycles. The lowest BCUT2D eigenvalue weighted by atomic mass is 9.77. The molecule has 11 aromatic rings. The van der Waals surface area contributed by atoms with Crippen molar-refractivity contribution >= 4 is 66.3 Å². The summed E-state index contributed by atoms with van der Waals surface area (Å²) in [6.45, 7) is 0. The van der Waals surface area contributed by atoms with Crippen molar-refractivity contribution in [2.24, 2.45) is 4.99 Å². The third-order valence-electron chi connectivity index (χ3n) is 14.4. The minimum absolute atomic E-state index is 0.126. The van der Waals surface area contributed by atoms with Gasteiger partial charge in [0.2, 0.25) is 0 Å². The second-order valence-corrected chi connectivity index (χ2v) is 18.7. The Bertz CT molecular complexity index is 3900. The van der Waals surface area contributed by atoms with Crippen molar-refractivity contribution in [3.8, 4) is 11.1 Å². The summed E-state index contributed by atoms with van der Waals surface area (Å²) in [4.78, 5) is 5.37. The molecule has 2 unspecified atom stereocenters. The number of aliphatic imine (C=N–C) groups is 1. The Morgan fingerprint density at radius 2 is 0.736 bits per heavy atom. The maximum atomic E-state index is 5.37. The summed E-state index contributed by atoms with van der Waals surface area (Å²) in [5, 5.41) is 15.7. The van der Waals surface area contributed by atoms with Crippen LogP contribution in [0.5, 0.6) is 0 Å². The van der Waals surface area contributed by atoms with Crippen molar-refractivity contribution < 1.29 is 0 Å². The third-order valence-corrected chi connectivity index (χ3v) is 14.4. The summed E-state index contributed by atoms with van der Waals surface area (Å²) in [6, 6.07) is 96.2. The first kappa shape index (κ1) is 42.8. The molecule has 3 nitrogen and oxygen atoms in total. The molecule has 0 aromatic heterocycles. The molecule has 0 fully saturated rings. The van der Waals surface area contributed by atoms with E-state index in [1.807, 2.05) is 0 Å². The zero-order valence-electron chi connectivity index (χ0n) is 39.6. The second-order valence-electron chi connectivity index (χ2n) is 18.7. The van der Waals surface area contributed by atoms with Crippen LogP contribution in [0.2, 0.25) is 0 Å². The molecule has 2 aliphatic heterocycles. The molecule has 13 rings (SSSR count). The summed E-state index contributed by atoms with van der Waals surface area (Å²) in [5.41, 5.74) is 17.0. The minimum Gasteiger partial charge on any atom is -0.373 e. The number of hydrogen-bond donors (Lipinski definition) is 2. The molecule has 340 valence electrons. The smallest absolute Gasteiger partial charge is 0.134 e. The number of benzene rings is 11. The molecule has 72 heavy (non-hydrogen) atoms. The lowest BCUT2D eigenvalue weighted by molar-refractivity contribution is 0.781. The lowest BCUT2D eigenvalue weighted by Crippen LogP contribution is -2.31. The van der Waals surface area contributed by atoms with Gasteiger partial charge in [-0.1, -0.05) is 255 Å². The first-order chi connectivity index (χ1) is 35.7. The molecule has 0 amide bonds. The van der Waals surface area contributed by atoms with Crippen molar-refractivity contribution in [3.63, 3.8) is 0 Å². The Labute approximate surface area is 420 Å². The van der Waals surface area contributed by atoms with Gasteiger partial charge in [-0.25, -0.2) is 4.99 Å². The van der Waals surface area contributed by atoms with Gasteiger partial charge >= 0.3 is 0 Å². The van der Waals surface area contributed by atoms with Crippen molar-refractivity contribution in [1.29, 1.82) is 0 Å². The van der Waals surface area contributed by atoms with Gasteiger partial charge in [0.1, 0.15) is 5.84 Å². The number of allylic oxidation sites excluding steroid dienone is 2. The standard InChI is InChI=1S/C69H49N3/c1-6-21-46(22-7-1)62-45-63(55-32-20-31-53(43-55)54-41-42-60-58-35-17-16-33-56(58)57-34-18-19-36-59(57)61(60)44-54)71-69(70-62)52-39-37-49(38-40-52)64-65(47-23-8-2-9-24-47)67(50-27-12-4-13-28-50)72-68(51-29-14-5-15-30-51)66(64)48-25-10-3-11-26-48/h1-45,63,67,72H,(H,70,71). The van der Waals surface area contributed by atoms with Gasteiger partial charge in [0, 0.05) is 11.1 Å². The zero-order valence-corrected chi connectivity index (χ0v) is 39.6. The van der Waals surface area contributed by atoms with Crippen LogP contribution in [0, 0.1) is 0 Å². The molecule has 2 atom stereocenters. The molecule has 2 N–H and O–H groups in total. The van der Waals surface area contributed by atoms with Gasteiger partial charge in [0.25, 0.3) is 0 Å². The number of nitrogens with one attached hydrogen (secondary N) is 2. The summed E-state index contributed by atoms with van der Waals surface area (Å²) < 4.78 is 0. The lowest BCUT2D eigenvalue weighted by Gasteiger charge is -2.36. The molecule has 11 aromatic carbocycles. The van der Waals surface area contributed by atoms with E-state index < -0.39 is 0 Å². The number of rotatable bonds is 9. The molecule has 0 saturated carbocycles. The molecule has 2 aliphatic rings. The van der Waals surface area contributed by atoms with Crippen molar-refractivity contribution in [2.45, 2.75) is 12.1 Å². The van der Waals surface area contributed by atoms with E-state index in [1.165, 1.54) is 71.3 Å². The average molecular weight is 920 g/mol. The Hall–Kier alpha value is -9.31. The molecule has 3 heteroatoms. The zero-order chi connectivity index (χ0) is 47.8. The molecular weight excluding hydrogens is 871 g/mol. The maximum Gasteiger partial charge on any atom is 0.134 e. The number of nitrogens with zero attached hydrogens (tertiary/aromatic N) is 1. The average Bonchev–Trinajstić information content (AvgIpc) is 3.47. The van der Waals surface area contributed by atoms with Gasteiger partial charge in [-0.3, -0.25) is 0 Å². The van der Waals surface area contributed by atoms with Crippen molar-refractivity contribution in [3.05, 3.63) is 318 Å². The minimum atomic E-state index is -0.137. The van der Waals surface area contributed by atoms with Crippen LogP contribution in [0.3, 0.4) is 0 Å². The normalized spacial score (nSPS) is 15.8. The Balaban J connectivity index is 0.926. The monoisotopic (exact) mass is 919 g/mol. The molecular formula is C69H49N3. The molecule has 0 radical (unpaired) electrons. The van der Waals surface area contributed by atoms with E-state index in [0.29, 0.717) is 0 Å².